The Balaban J connectivity index is 2.25. The fourth-order valence-corrected chi connectivity index (χ4v) is 1.32. The lowest BCUT2D eigenvalue weighted by atomic mass is 10.1. The number of rotatable bonds is 3. The van der Waals surface area contributed by atoms with Crippen LogP contribution in [0.3, 0.4) is 0 Å². The second-order valence-corrected chi connectivity index (χ2v) is 3.22. The number of hydrogen-bond acceptors (Lipinski definition) is 4. The van der Waals surface area contributed by atoms with Crippen molar-refractivity contribution in [3.63, 3.8) is 0 Å². The van der Waals surface area contributed by atoms with Crippen LogP contribution in [-0.4, -0.2) is 36.2 Å². The van der Waals surface area contributed by atoms with Crippen LogP contribution in [0.5, 0.6) is 0 Å². The molecule has 0 spiro atoms. The third kappa shape index (κ3) is 3.61. The number of nitrogens with two attached hydrogens (primary N) is 1. The van der Waals surface area contributed by atoms with Crippen molar-refractivity contribution in [3.05, 3.63) is 0 Å². The zero-order chi connectivity index (χ0) is 10.4. The summed E-state index contributed by atoms with van der Waals surface area (Å²) in [6.07, 6.45) is 1.58. The van der Waals surface area contributed by atoms with Crippen molar-refractivity contribution in [2.45, 2.75) is 25.3 Å². The van der Waals surface area contributed by atoms with Crippen molar-refractivity contribution < 1.29 is 14.7 Å². The fraction of sp³-hybridized carbons (Fsp3) is 0.750. The van der Waals surface area contributed by atoms with E-state index < -0.39 is 0 Å². The fourth-order valence-electron chi connectivity index (χ4n) is 1.32. The van der Waals surface area contributed by atoms with E-state index in [9.17, 15) is 4.79 Å². The van der Waals surface area contributed by atoms with E-state index in [1.54, 1.807) is 0 Å². The smallest absolute Gasteiger partial charge is 0.227 e. The predicted octanol–water partition coefficient (Wildman–Crippen LogP) is -0.582. The molecule has 80 valence electrons. The molecule has 6 heteroatoms. The van der Waals surface area contributed by atoms with Gasteiger partial charge in [-0.05, 0) is 12.8 Å². The molecule has 1 aliphatic rings. The first-order valence-electron chi connectivity index (χ1n) is 4.56. The highest BCUT2D eigenvalue weighted by molar-refractivity contribution is 5.98. The van der Waals surface area contributed by atoms with Crippen LogP contribution >= 0.6 is 0 Å². The number of nitrogens with one attached hydrogen (secondary N) is 1. The maximum absolute atomic E-state index is 11.3. The van der Waals surface area contributed by atoms with E-state index in [0.717, 1.165) is 12.8 Å². The van der Waals surface area contributed by atoms with Crippen LogP contribution in [0.25, 0.3) is 0 Å². The monoisotopic (exact) mass is 201 g/mol. The molecule has 0 atom stereocenters. The lowest BCUT2D eigenvalue weighted by Gasteiger charge is -2.22. The number of carbonyl (C=O) groups is 1. The van der Waals surface area contributed by atoms with E-state index in [4.69, 9.17) is 15.7 Å². The molecule has 0 radical (unpaired) electrons. The Hall–Kier alpha value is -1.30. The maximum atomic E-state index is 11.3. The number of amides is 1. The van der Waals surface area contributed by atoms with Crippen LogP contribution in [0.4, 0.5) is 0 Å². The largest absolute Gasteiger partial charge is 0.409 e. The number of carbonyl (C=O) groups excluding carboxylic acids is 1. The first-order chi connectivity index (χ1) is 6.72. The van der Waals surface area contributed by atoms with Gasteiger partial charge in [0.05, 0.1) is 6.42 Å². The van der Waals surface area contributed by atoms with Gasteiger partial charge in [-0.1, -0.05) is 5.16 Å². The normalized spacial score (nSPS) is 19.3. The summed E-state index contributed by atoms with van der Waals surface area (Å²) in [7, 11) is 0. The second-order valence-electron chi connectivity index (χ2n) is 3.22. The summed E-state index contributed by atoms with van der Waals surface area (Å²) in [5.41, 5.74) is 5.19. The molecule has 0 aliphatic carbocycles. The summed E-state index contributed by atoms with van der Waals surface area (Å²) >= 11 is 0. The molecule has 1 aliphatic heterocycles. The summed E-state index contributed by atoms with van der Waals surface area (Å²) < 4.78 is 5.14. The summed E-state index contributed by atoms with van der Waals surface area (Å²) in [5.74, 6) is -0.290. The lowest BCUT2D eigenvalue weighted by molar-refractivity contribution is -0.121. The summed E-state index contributed by atoms with van der Waals surface area (Å²) in [4.78, 5) is 11.3. The third-order valence-electron chi connectivity index (χ3n) is 2.06. The van der Waals surface area contributed by atoms with E-state index in [0.29, 0.717) is 13.2 Å². The van der Waals surface area contributed by atoms with Crippen LogP contribution in [0.2, 0.25) is 0 Å². The van der Waals surface area contributed by atoms with Gasteiger partial charge in [0.15, 0.2) is 0 Å². The molecular weight excluding hydrogens is 186 g/mol. The maximum Gasteiger partial charge on any atom is 0.227 e. The van der Waals surface area contributed by atoms with Crippen molar-refractivity contribution in [1.29, 1.82) is 0 Å². The van der Waals surface area contributed by atoms with Gasteiger partial charge in [-0.25, -0.2) is 0 Å². The first-order valence-corrected chi connectivity index (χ1v) is 4.56. The molecule has 1 saturated heterocycles. The van der Waals surface area contributed by atoms with Gasteiger partial charge < -0.3 is 21.0 Å². The Morgan fingerprint density at radius 3 is 2.79 bits per heavy atom. The molecule has 6 nitrogen and oxygen atoms in total. The molecule has 0 aromatic carbocycles. The van der Waals surface area contributed by atoms with Crippen LogP contribution in [0.1, 0.15) is 19.3 Å². The summed E-state index contributed by atoms with van der Waals surface area (Å²) in [5, 5.41) is 13.8. The van der Waals surface area contributed by atoms with E-state index in [1.807, 2.05) is 0 Å². The molecule has 0 aromatic heterocycles. The van der Waals surface area contributed by atoms with E-state index in [-0.39, 0.29) is 24.2 Å². The minimum absolute atomic E-state index is 0.0616. The SMILES string of the molecule is N/C(CC(=O)NC1CCOCC1)=N\O. The minimum Gasteiger partial charge on any atom is -0.409 e. The van der Waals surface area contributed by atoms with Crippen molar-refractivity contribution in [1.82, 2.24) is 5.32 Å². The highest BCUT2D eigenvalue weighted by Gasteiger charge is 2.16. The molecular formula is C8H15N3O3. The first kappa shape index (κ1) is 10.8. The van der Waals surface area contributed by atoms with Crippen molar-refractivity contribution >= 4 is 11.7 Å². The summed E-state index contributed by atoms with van der Waals surface area (Å²) in [6.45, 7) is 1.35. The minimum atomic E-state index is -0.216. The average Bonchev–Trinajstić information content (AvgIpc) is 2.19. The summed E-state index contributed by atoms with van der Waals surface area (Å²) in [6, 6.07) is 0.155. The van der Waals surface area contributed by atoms with Gasteiger partial charge in [-0.15, -0.1) is 0 Å². The van der Waals surface area contributed by atoms with Crippen LogP contribution in [0, 0.1) is 0 Å². The third-order valence-corrected chi connectivity index (χ3v) is 2.06. The number of oxime groups is 1. The molecule has 1 heterocycles. The van der Waals surface area contributed by atoms with E-state index >= 15 is 0 Å². The quantitative estimate of drug-likeness (QED) is 0.246. The van der Waals surface area contributed by atoms with Crippen LogP contribution in [0.15, 0.2) is 5.16 Å². The molecule has 1 fully saturated rings. The Kier molecular flexibility index (Phi) is 4.18. The molecule has 0 aromatic rings. The van der Waals surface area contributed by atoms with Crippen molar-refractivity contribution in [2.24, 2.45) is 10.9 Å². The average molecular weight is 201 g/mol. The Morgan fingerprint density at radius 1 is 1.57 bits per heavy atom. The van der Waals surface area contributed by atoms with Gasteiger partial charge in [0.1, 0.15) is 5.84 Å². The van der Waals surface area contributed by atoms with Crippen molar-refractivity contribution in [2.75, 3.05) is 13.2 Å². The van der Waals surface area contributed by atoms with Gasteiger partial charge in [0.2, 0.25) is 5.91 Å². The number of nitrogens with zero attached hydrogens (tertiary/aromatic N) is 1. The Morgan fingerprint density at radius 2 is 2.21 bits per heavy atom. The predicted molar refractivity (Wildman–Crippen MR) is 50.0 cm³/mol. The van der Waals surface area contributed by atoms with Gasteiger partial charge in [-0.2, -0.15) is 0 Å². The highest BCUT2D eigenvalue weighted by atomic mass is 16.5. The number of ether oxygens (including phenoxy) is 1. The number of hydrogen-bond donors (Lipinski definition) is 3. The molecule has 1 amide bonds. The van der Waals surface area contributed by atoms with E-state index in [1.165, 1.54) is 0 Å². The van der Waals surface area contributed by atoms with Gasteiger partial charge >= 0.3 is 0 Å². The Bertz CT molecular complexity index is 224. The topological polar surface area (TPSA) is 96.9 Å². The zero-order valence-corrected chi connectivity index (χ0v) is 7.90. The molecule has 0 saturated carbocycles. The molecule has 1 rings (SSSR count). The molecule has 4 N–H and O–H groups in total. The standard InChI is InChI=1S/C8H15N3O3/c9-7(11-13)5-8(12)10-6-1-3-14-4-2-6/h6,13H,1-5H2,(H2,9,11)(H,10,12). The van der Waals surface area contributed by atoms with Crippen LogP contribution in [-0.2, 0) is 9.53 Å². The Labute approximate surface area is 82.1 Å². The molecule has 0 bridgehead atoms. The van der Waals surface area contributed by atoms with Crippen LogP contribution < -0.4 is 11.1 Å². The van der Waals surface area contributed by atoms with Gasteiger partial charge in [0, 0.05) is 19.3 Å². The molecule has 0 unspecified atom stereocenters. The van der Waals surface area contributed by atoms with E-state index in [2.05, 4.69) is 10.5 Å². The van der Waals surface area contributed by atoms with Gasteiger partial charge in [0.25, 0.3) is 0 Å². The zero-order valence-electron chi connectivity index (χ0n) is 7.90. The lowest BCUT2D eigenvalue weighted by Crippen LogP contribution is -2.40. The van der Waals surface area contributed by atoms with Gasteiger partial charge in [-0.3, -0.25) is 4.79 Å². The van der Waals surface area contributed by atoms with Crippen molar-refractivity contribution in [3.8, 4) is 0 Å². The number of amidine groups is 1. The second kappa shape index (κ2) is 5.43. The highest BCUT2D eigenvalue weighted by Crippen LogP contribution is 2.05. The molecule has 14 heavy (non-hydrogen) atoms.